The Kier molecular flexibility index (Phi) is 6.78. The van der Waals surface area contributed by atoms with Crippen molar-refractivity contribution in [3.8, 4) is 6.07 Å². The summed E-state index contributed by atoms with van der Waals surface area (Å²) in [5.74, 6) is 1.48. The number of carbonyl (C=O) groups excluding carboxylic acids is 1. The lowest BCUT2D eigenvalue weighted by Gasteiger charge is -2.24. The molecular weight excluding hydrogens is 224 g/mol. The highest BCUT2D eigenvalue weighted by molar-refractivity contribution is 5.76. The summed E-state index contributed by atoms with van der Waals surface area (Å²) in [7, 11) is 0. The highest BCUT2D eigenvalue weighted by atomic mass is 16.2. The molecular formula is C15H26N2O. The molecule has 102 valence electrons. The van der Waals surface area contributed by atoms with Gasteiger partial charge in [-0.2, -0.15) is 5.26 Å². The highest BCUT2D eigenvalue weighted by Crippen LogP contribution is 2.28. The van der Waals surface area contributed by atoms with Gasteiger partial charge in [-0.25, -0.2) is 0 Å². The first kappa shape index (κ1) is 15.0. The maximum Gasteiger partial charge on any atom is 0.222 e. The molecule has 0 aliphatic heterocycles. The van der Waals surface area contributed by atoms with E-state index in [1.165, 1.54) is 25.7 Å². The maximum absolute atomic E-state index is 12.2. The molecule has 0 bridgehead atoms. The zero-order valence-corrected chi connectivity index (χ0v) is 11.8. The molecule has 0 unspecified atom stereocenters. The standard InChI is InChI=1S/C15H26N2O/c1-13(2)12-17(11-5-10-16)15(18)9-8-14-6-3-4-7-14/h13-14H,3-9,11-12H2,1-2H3. The van der Waals surface area contributed by atoms with Gasteiger partial charge in [0.2, 0.25) is 5.91 Å². The van der Waals surface area contributed by atoms with Gasteiger partial charge >= 0.3 is 0 Å². The summed E-state index contributed by atoms with van der Waals surface area (Å²) < 4.78 is 0. The fourth-order valence-corrected chi connectivity index (χ4v) is 2.73. The molecule has 1 amide bonds. The molecule has 3 heteroatoms. The van der Waals surface area contributed by atoms with Crippen molar-refractivity contribution in [2.75, 3.05) is 13.1 Å². The number of nitriles is 1. The second-order valence-electron chi connectivity index (χ2n) is 5.83. The van der Waals surface area contributed by atoms with Crippen LogP contribution in [-0.4, -0.2) is 23.9 Å². The molecule has 0 atom stereocenters. The quantitative estimate of drug-likeness (QED) is 0.695. The molecule has 0 aromatic heterocycles. The van der Waals surface area contributed by atoms with Crippen molar-refractivity contribution in [3.63, 3.8) is 0 Å². The average Bonchev–Trinajstić information content (AvgIpc) is 2.84. The molecule has 1 saturated carbocycles. The number of amides is 1. The number of nitrogens with zero attached hydrogens (tertiary/aromatic N) is 2. The molecule has 1 aliphatic carbocycles. The lowest BCUT2D eigenvalue weighted by Crippen LogP contribution is -2.35. The van der Waals surface area contributed by atoms with Crippen molar-refractivity contribution in [3.05, 3.63) is 0 Å². The van der Waals surface area contributed by atoms with Crippen molar-refractivity contribution >= 4 is 5.91 Å². The van der Waals surface area contributed by atoms with Crippen LogP contribution in [0, 0.1) is 23.2 Å². The molecule has 0 aromatic rings. The summed E-state index contributed by atoms with van der Waals surface area (Å²) in [6.45, 7) is 5.61. The minimum atomic E-state index is 0.242. The van der Waals surface area contributed by atoms with E-state index < -0.39 is 0 Å². The van der Waals surface area contributed by atoms with Gasteiger partial charge in [-0.05, 0) is 18.3 Å². The molecule has 0 heterocycles. The molecule has 0 N–H and O–H groups in total. The van der Waals surface area contributed by atoms with E-state index in [-0.39, 0.29) is 5.91 Å². The first-order valence-electron chi connectivity index (χ1n) is 7.28. The van der Waals surface area contributed by atoms with Crippen LogP contribution in [-0.2, 0) is 4.79 Å². The summed E-state index contributed by atoms with van der Waals surface area (Å²) in [4.78, 5) is 14.0. The topological polar surface area (TPSA) is 44.1 Å². The smallest absolute Gasteiger partial charge is 0.222 e. The van der Waals surface area contributed by atoms with Crippen molar-refractivity contribution in [1.29, 1.82) is 5.26 Å². The average molecular weight is 250 g/mol. The van der Waals surface area contributed by atoms with Crippen LogP contribution in [0.5, 0.6) is 0 Å². The van der Waals surface area contributed by atoms with Gasteiger partial charge in [0.25, 0.3) is 0 Å². The molecule has 0 aromatic carbocycles. The summed E-state index contributed by atoms with van der Waals surface area (Å²) >= 11 is 0. The van der Waals surface area contributed by atoms with Crippen molar-refractivity contribution < 1.29 is 4.79 Å². The fraction of sp³-hybridized carbons (Fsp3) is 0.867. The molecule has 1 aliphatic rings. The van der Waals surface area contributed by atoms with Crippen LogP contribution < -0.4 is 0 Å². The Labute approximate surface area is 111 Å². The number of hydrogen-bond acceptors (Lipinski definition) is 2. The van der Waals surface area contributed by atoms with E-state index in [4.69, 9.17) is 5.26 Å². The minimum Gasteiger partial charge on any atom is -0.341 e. The van der Waals surface area contributed by atoms with Gasteiger partial charge in [-0.15, -0.1) is 0 Å². The van der Waals surface area contributed by atoms with Crippen molar-refractivity contribution in [1.82, 2.24) is 4.90 Å². The van der Waals surface area contributed by atoms with E-state index in [1.54, 1.807) is 0 Å². The zero-order valence-electron chi connectivity index (χ0n) is 11.8. The monoisotopic (exact) mass is 250 g/mol. The molecule has 18 heavy (non-hydrogen) atoms. The van der Waals surface area contributed by atoms with Gasteiger partial charge in [-0.3, -0.25) is 4.79 Å². The van der Waals surface area contributed by atoms with Gasteiger partial charge < -0.3 is 4.90 Å². The zero-order chi connectivity index (χ0) is 13.4. The van der Waals surface area contributed by atoms with Gasteiger partial charge in [-0.1, -0.05) is 39.5 Å². The van der Waals surface area contributed by atoms with E-state index in [1.807, 2.05) is 4.90 Å². The van der Waals surface area contributed by atoms with E-state index in [9.17, 15) is 4.79 Å². The largest absolute Gasteiger partial charge is 0.341 e. The summed E-state index contributed by atoms with van der Waals surface area (Å²) in [6, 6.07) is 2.13. The molecule has 0 spiro atoms. The molecule has 0 radical (unpaired) electrons. The Hall–Kier alpha value is -1.04. The first-order chi connectivity index (χ1) is 8.63. The Morgan fingerprint density at radius 1 is 1.39 bits per heavy atom. The fourth-order valence-electron chi connectivity index (χ4n) is 2.73. The predicted octanol–water partition coefficient (Wildman–Crippen LogP) is 3.36. The Morgan fingerprint density at radius 3 is 2.61 bits per heavy atom. The van der Waals surface area contributed by atoms with E-state index in [2.05, 4.69) is 19.9 Å². The van der Waals surface area contributed by atoms with E-state index >= 15 is 0 Å². The SMILES string of the molecule is CC(C)CN(CCC#N)C(=O)CCC1CCCC1. The highest BCUT2D eigenvalue weighted by Gasteiger charge is 2.19. The van der Waals surface area contributed by atoms with Crippen LogP contribution in [0.1, 0.15) is 58.8 Å². The summed E-state index contributed by atoms with van der Waals surface area (Å²) in [6.07, 6.45) is 7.43. The summed E-state index contributed by atoms with van der Waals surface area (Å²) in [5.41, 5.74) is 0. The number of rotatable bonds is 7. The Morgan fingerprint density at radius 2 is 2.06 bits per heavy atom. The lowest BCUT2D eigenvalue weighted by atomic mass is 10.0. The lowest BCUT2D eigenvalue weighted by molar-refractivity contribution is -0.132. The first-order valence-corrected chi connectivity index (χ1v) is 7.28. The van der Waals surface area contributed by atoms with Crippen LogP contribution in [0.2, 0.25) is 0 Å². The number of hydrogen-bond donors (Lipinski definition) is 0. The third kappa shape index (κ3) is 5.53. The normalized spacial score (nSPS) is 15.9. The third-order valence-corrected chi connectivity index (χ3v) is 3.67. The van der Waals surface area contributed by atoms with Gasteiger partial charge in [0.15, 0.2) is 0 Å². The van der Waals surface area contributed by atoms with Crippen LogP contribution in [0.3, 0.4) is 0 Å². The van der Waals surface area contributed by atoms with Crippen LogP contribution in [0.4, 0.5) is 0 Å². The van der Waals surface area contributed by atoms with Crippen LogP contribution in [0.25, 0.3) is 0 Å². The minimum absolute atomic E-state index is 0.242. The Balaban J connectivity index is 2.34. The molecule has 1 rings (SSSR count). The van der Waals surface area contributed by atoms with Crippen molar-refractivity contribution in [2.24, 2.45) is 11.8 Å². The summed E-state index contributed by atoms with van der Waals surface area (Å²) in [5, 5.41) is 8.65. The van der Waals surface area contributed by atoms with Gasteiger partial charge in [0.1, 0.15) is 0 Å². The third-order valence-electron chi connectivity index (χ3n) is 3.67. The molecule has 1 fully saturated rings. The van der Waals surface area contributed by atoms with E-state index in [0.717, 1.165) is 18.9 Å². The second-order valence-corrected chi connectivity index (χ2v) is 5.83. The second kappa shape index (κ2) is 8.13. The predicted molar refractivity (Wildman–Crippen MR) is 72.8 cm³/mol. The molecule has 3 nitrogen and oxygen atoms in total. The molecule has 0 saturated heterocycles. The van der Waals surface area contributed by atoms with E-state index in [0.29, 0.717) is 25.3 Å². The number of carbonyl (C=O) groups is 1. The van der Waals surface area contributed by atoms with Crippen LogP contribution >= 0.6 is 0 Å². The van der Waals surface area contributed by atoms with Gasteiger partial charge in [0.05, 0.1) is 12.5 Å². The maximum atomic E-state index is 12.2. The van der Waals surface area contributed by atoms with Crippen molar-refractivity contribution in [2.45, 2.75) is 58.8 Å². The Bertz CT molecular complexity index is 287. The van der Waals surface area contributed by atoms with Gasteiger partial charge in [0, 0.05) is 19.5 Å². The van der Waals surface area contributed by atoms with Crippen LogP contribution in [0.15, 0.2) is 0 Å².